The minimum Gasteiger partial charge on any atom is -0.411 e. The summed E-state index contributed by atoms with van der Waals surface area (Å²) in [6.45, 7) is 9.54. The molecule has 0 aliphatic rings. The minimum absolute atomic E-state index is 0.0485. The zero-order chi connectivity index (χ0) is 21.8. The molecule has 0 bridgehead atoms. The zero-order valence-electron chi connectivity index (χ0n) is 17.7. The van der Waals surface area contributed by atoms with Crippen LogP contribution in [0.4, 0.5) is 5.69 Å². The van der Waals surface area contributed by atoms with E-state index in [2.05, 4.69) is 15.5 Å². The Kier molecular flexibility index (Phi) is 6.72. The molecule has 0 fully saturated rings. The molecule has 0 unspecified atom stereocenters. The maximum atomic E-state index is 12.8. The Morgan fingerprint density at radius 1 is 0.967 bits per heavy atom. The molecule has 0 aliphatic heterocycles. The van der Waals surface area contributed by atoms with Crippen molar-refractivity contribution in [1.29, 1.82) is 0 Å². The summed E-state index contributed by atoms with van der Waals surface area (Å²) in [7, 11) is 0. The van der Waals surface area contributed by atoms with Gasteiger partial charge in [-0.15, -0.1) is 10.2 Å². The van der Waals surface area contributed by atoms with Gasteiger partial charge in [-0.25, -0.2) is 0 Å². The molecule has 0 saturated carbocycles. The number of aromatic nitrogens is 2. The van der Waals surface area contributed by atoms with Crippen LogP contribution in [-0.4, -0.2) is 27.1 Å². The van der Waals surface area contributed by atoms with E-state index in [0.717, 1.165) is 11.1 Å². The van der Waals surface area contributed by atoms with Crippen LogP contribution in [0.1, 0.15) is 42.3 Å². The monoisotopic (exact) mass is 423 g/mol. The van der Waals surface area contributed by atoms with Crippen molar-refractivity contribution >= 4 is 29.1 Å². The SMILES string of the molecule is Cc1ccc(-c2nnc(S[C@H](C)C(=O)c3ccc(NC(=O)C(C)C)cc3)o2)cc1C. The van der Waals surface area contributed by atoms with E-state index in [9.17, 15) is 9.59 Å². The van der Waals surface area contributed by atoms with Crippen LogP contribution in [0.5, 0.6) is 0 Å². The van der Waals surface area contributed by atoms with Crippen molar-refractivity contribution in [3.05, 3.63) is 59.2 Å². The van der Waals surface area contributed by atoms with E-state index >= 15 is 0 Å². The van der Waals surface area contributed by atoms with Gasteiger partial charge in [0, 0.05) is 22.7 Å². The largest absolute Gasteiger partial charge is 0.411 e. The summed E-state index contributed by atoms with van der Waals surface area (Å²) in [5, 5.41) is 10.9. The minimum atomic E-state index is -0.394. The number of hydrogen-bond acceptors (Lipinski definition) is 6. The molecule has 0 saturated heterocycles. The zero-order valence-corrected chi connectivity index (χ0v) is 18.5. The van der Waals surface area contributed by atoms with Crippen molar-refractivity contribution in [2.24, 2.45) is 5.92 Å². The van der Waals surface area contributed by atoms with E-state index < -0.39 is 5.25 Å². The molecule has 1 heterocycles. The van der Waals surface area contributed by atoms with Crippen LogP contribution in [0, 0.1) is 19.8 Å². The van der Waals surface area contributed by atoms with Crippen LogP contribution >= 0.6 is 11.8 Å². The third kappa shape index (κ3) is 5.16. The Hall–Kier alpha value is -2.93. The number of ketones is 1. The van der Waals surface area contributed by atoms with Crippen molar-refractivity contribution in [1.82, 2.24) is 10.2 Å². The van der Waals surface area contributed by atoms with Gasteiger partial charge in [-0.05, 0) is 68.3 Å². The molecule has 0 spiro atoms. The first kappa shape index (κ1) is 21.8. The molecule has 2 aromatic carbocycles. The average Bonchev–Trinajstić information content (AvgIpc) is 3.18. The van der Waals surface area contributed by atoms with Crippen molar-refractivity contribution in [3.63, 3.8) is 0 Å². The Morgan fingerprint density at radius 3 is 2.30 bits per heavy atom. The molecule has 1 amide bonds. The number of carbonyl (C=O) groups is 2. The fourth-order valence-corrected chi connectivity index (χ4v) is 3.45. The van der Waals surface area contributed by atoms with Crippen LogP contribution in [0.3, 0.4) is 0 Å². The van der Waals surface area contributed by atoms with E-state index in [-0.39, 0.29) is 17.6 Å². The Labute approximate surface area is 180 Å². The normalized spacial score (nSPS) is 12.1. The van der Waals surface area contributed by atoms with Gasteiger partial charge in [-0.3, -0.25) is 9.59 Å². The number of amides is 1. The summed E-state index contributed by atoms with van der Waals surface area (Å²) >= 11 is 1.23. The molecule has 3 aromatic rings. The Morgan fingerprint density at radius 2 is 1.67 bits per heavy atom. The van der Waals surface area contributed by atoms with E-state index in [0.29, 0.717) is 22.4 Å². The number of carbonyl (C=O) groups excluding carboxylic acids is 2. The number of aryl methyl sites for hydroxylation is 2. The second kappa shape index (κ2) is 9.26. The number of hydrogen-bond donors (Lipinski definition) is 1. The molecule has 7 heteroatoms. The molecule has 6 nitrogen and oxygen atoms in total. The summed E-state index contributed by atoms with van der Waals surface area (Å²) in [6, 6.07) is 12.9. The van der Waals surface area contributed by atoms with Crippen LogP contribution in [0.15, 0.2) is 52.1 Å². The van der Waals surface area contributed by atoms with Crippen molar-refractivity contribution in [3.8, 4) is 11.5 Å². The van der Waals surface area contributed by atoms with Gasteiger partial charge in [0.05, 0.1) is 5.25 Å². The van der Waals surface area contributed by atoms with Crippen LogP contribution in [0.25, 0.3) is 11.5 Å². The second-order valence-corrected chi connectivity index (χ2v) is 8.81. The molecular formula is C23H25N3O3S. The predicted molar refractivity (Wildman–Crippen MR) is 119 cm³/mol. The fourth-order valence-electron chi connectivity index (χ4n) is 2.69. The molecule has 3 rings (SSSR count). The lowest BCUT2D eigenvalue weighted by atomic mass is 10.1. The molecule has 1 aromatic heterocycles. The van der Waals surface area contributed by atoms with E-state index in [1.807, 2.05) is 45.9 Å². The van der Waals surface area contributed by atoms with Gasteiger partial charge < -0.3 is 9.73 Å². The topological polar surface area (TPSA) is 85.1 Å². The molecule has 0 radical (unpaired) electrons. The summed E-state index contributed by atoms with van der Waals surface area (Å²) in [5.41, 5.74) is 4.43. The molecule has 0 aliphatic carbocycles. The predicted octanol–water partition coefficient (Wildman–Crippen LogP) is 5.31. The van der Waals surface area contributed by atoms with Crippen LogP contribution in [-0.2, 0) is 4.79 Å². The number of nitrogens with zero attached hydrogens (tertiary/aromatic N) is 2. The smallest absolute Gasteiger partial charge is 0.277 e. The average molecular weight is 424 g/mol. The van der Waals surface area contributed by atoms with Gasteiger partial charge in [0.2, 0.25) is 11.8 Å². The lowest BCUT2D eigenvalue weighted by Gasteiger charge is -2.10. The van der Waals surface area contributed by atoms with Gasteiger partial charge in [0.15, 0.2) is 5.78 Å². The van der Waals surface area contributed by atoms with Gasteiger partial charge in [0.25, 0.3) is 5.22 Å². The van der Waals surface area contributed by atoms with Crippen LogP contribution < -0.4 is 5.32 Å². The van der Waals surface area contributed by atoms with Gasteiger partial charge in [-0.2, -0.15) is 0 Å². The Balaban J connectivity index is 1.65. The highest BCUT2D eigenvalue weighted by atomic mass is 32.2. The summed E-state index contributed by atoms with van der Waals surface area (Å²) in [4.78, 5) is 24.5. The number of nitrogens with one attached hydrogen (secondary N) is 1. The number of rotatable bonds is 7. The molecule has 156 valence electrons. The first-order valence-corrected chi connectivity index (χ1v) is 10.7. The second-order valence-electron chi connectivity index (χ2n) is 7.52. The van der Waals surface area contributed by atoms with Crippen molar-refractivity contribution in [2.75, 3.05) is 5.32 Å². The molecule has 30 heavy (non-hydrogen) atoms. The highest BCUT2D eigenvalue weighted by molar-refractivity contribution is 8.00. The fraction of sp³-hybridized carbons (Fsp3) is 0.304. The quantitative estimate of drug-likeness (QED) is 0.409. The summed E-state index contributed by atoms with van der Waals surface area (Å²) in [6.07, 6.45) is 0. The number of benzene rings is 2. The van der Waals surface area contributed by atoms with Crippen LogP contribution in [0.2, 0.25) is 0 Å². The third-order valence-corrected chi connectivity index (χ3v) is 5.70. The van der Waals surface area contributed by atoms with Gasteiger partial charge in [-0.1, -0.05) is 31.7 Å². The lowest BCUT2D eigenvalue weighted by molar-refractivity contribution is -0.118. The molecule has 1 atom stereocenters. The first-order chi connectivity index (χ1) is 14.2. The summed E-state index contributed by atoms with van der Waals surface area (Å²) in [5.74, 6) is 0.220. The lowest BCUT2D eigenvalue weighted by Crippen LogP contribution is -2.18. The summed E-state index contributed by atoms with van der Waals surface area (Å²) < 4.78 is 5.75. The highest BCUT2D eigenvalue weighted by Crippen LogP contribution is 2.28. The number of thioether (sulfide) groups is 1. The van der Waals surface area contributed by atoms with Crippen molar-refractivity contribution in [2.45, 2.75) is 45.1 Å². The van der Waals surface area contributed by atoms with E-state index in [1.54, 1.807) is 31.2 Å². The molecular weight excluding hydrogens is 398 g/mol. The third-order valence-electron chi connectivity index (χ3n) is 4.77. The highest BCUT2D eigenvalue weighted by Gasteiger charge is 2.20. The maximum Gasteiger partial charge on any atom is 0.277 e. The molecule has 1 N–H and O–H groups in total. The van der Waals surface area contributed by atoms with Gasteiger partial charge >= 0.3 is 0 Å². The number of anilines is 1. The van der Waals surface area contributed by atoms with Crippen molar-refractivity contribution < 1.29 is 14.0 Å². The van der Waals surface area contributed by atoms with E-state index in [1.165, 1.54) is 17.3 Å². The number of Topliss-reactive ketones (excluding diaryl/α,β-unsaturated/α-hetero) is 1. The standard InChI is InChI=1S/C23H25N3O3S/c1-13(2)21(28)24-19-10-8-17(9-11-19)20(27)16(5)30-23-26-25-22(29-23)18-7-6-14(3)15(4)12-18/h6-13,16H,1-5H3,(H,24,28)/t16-/m1/s1. The van der Waals surface area contributed by atoms with E-state index in [4.69, 9.17) is 4.42 Å². The van der Waals surface area contributed by atoms with Gasteiger partial charge in [0.1, 0.15) is 0 Å². The Bertz CT molecular complexity index is 1060. The first-order valence-electron chi connectivity index (χ1n) is 9.77. The maximum absolute atomic E-state index is 12.8.